The third kappa shape index (κ3) is 3.89. The number of hydrogen-bond acceptors (Lipinski definition) is 5. The summed E-state index contributed by atoms with van der Waals surface area (Å²) in [5.74, 6) is 0.422. The van der Waals surface area contributed by atoms with Crippen LogP contribution in [0, 0.1) is 0 Å². The van der Waals surface area contributed by atoms with Gasteiger partial charge in [0.2, 0.25) is 5.95 Å². The first kappa shape index (κ1) is 21.9. The standard InChI is InChI=1S/C23H24ClN5O3S/c1-2-11-29-18-9-6-5-8-17(18)25-23(29)26-22(30)15-13-20-19(14-16(15)24)28-12-7-3-4-10-21(28)27-33(20,31)32/h5-6,8-9,13-14H,2-4,7,10-12H2,1H3,(H,25,26,30). The lowest BCUT2D eigenvalue weighted by atomic mass is 10.1. The van der Waals surface area contributed by atoms with Gasteiger partial charge >= 0.3 is 0 Å². The Kier molecular flexibility index (Phi) is 5.62. The minimum absolute atomic E-state index is 0.00441. The van der Waals surface area contributed by atoms with Crippen LogP contribution in [-0.4, -0.2) is 36.3 Å². The van der Waals surface area contributed by atoms with E-state index in [0.717, 1.165) is 36.7 Å². The van der Waals surface area contributed by atoms with Gasteiger partial charge in [0.05, 0.1) is 27.3 Å². The molecule has 0 spiro atoms. The number of halogens is 1. The molecule has 172 valence electrons. The summed E-state index contributed by atoms with van der Waals surface area (Å²) in [5, 5.41) is 3.01. The zero-order chi connectivity index (χ0) is 23.2. The number of hydrogen-bond donors (Lipinski definition) is 1. The highest BCUT2D eigenvalue weighted by atomic mass is 35.5. The highest BCUT2D eigenvalue weighted by molar-refractivity contribution is 7.90. The summed E-state index contributed by atoms with van der Waals surface area (Å²) in [4.78, 5) is 19.7. The van der Waals surface area contributed by atoms with Gasteiger partial charge in [0, 0.05) is 19.5 Å². The van der Waals surface area contributed by atoms with Crippen LogP contribution in [0.15, 0.2) is 45.7 Å². The van der Waals surface area contributed by atoms with Crippen molar-refractivity contribution in [1.29, 1.82) is 0 Å². The van der Waals surface area contributed by atoms with Crippen LogP contribution in [0.5, 0.6) is 0 Å². The summed E-state index contributed by atoms with van der Waals surface area (Å²) in [7, 11) is -3.92. The molecular formula is C23H24ClN5O3S. The van der Waals surface area contributed by atoms with E-state index in [4.69, 9.17) is 11.6 Å². The molecule has 5 rings (SSSR count). The minimum atomic E-state index is -3.92. The Labute approximate surface area is 197 Å². The molecule has 8 nitrogen and oxygen atoms in total. The number of para-hydroxylation sites is 2. The number of amides is 1. The fourth-order valence-electron chi connectivity index (χ4n) is 4.46. The van der Waals surface area contributed by atoms with E-state index >= 15 is 0 Å². The number of imidazole rings is 1. The van der Waals surface area contributed by atoms with E-state index in [0.29, 0.717) is 37.0 Å². The molecule has 2 aliphatic rings. The number of benzene rings is 2. The number of carbonyl (C=O) groups is 1. The van der Waals surface area contributed by atoms with Gasteiger partial charge in [-0.2, -0.15) is 8.42 Å². The quantitative estimate of drug-likeness (QED) is 0.570. The van der Waals surface area contributed by atoms with Crippen LogP contribution in [-0.2, 0) is 16.6 Å². The van der Waals surface area contributed by atoms with Gasteiger partial charge in [0.15, 0.2) is 0 Å². The third-order valence-corrected chi connectivity index (χ3v) is 7.65. The molecule has 3 heterocycles. The number of anilines is 2. The van der Waals surface area contributed by atoms with Crippen molar-refractivity contribution in [3.63, 3.8) is 0 Å². The number of nitrogens with one attached hydrogen (secondary N) is 1. The summed E-state index contributed by atoms with van der Waals surface area (Å²) in [5.41, 5.74) is 2.24. The second kappa shape index (κ2) is 8.46. The molecule has 0 bridgehead atoms. The molecule has 2 aromatic carbocycles. The highest BCUT2D eigenvalue weighted by Gasteiger charge is 2.33. The average molecular weight is 486 g/mol. The van der Waals surface area contributed by atoms with Crippen LogP contribution in [0.2, 0.25) is 5.02 Å². The second-order valence-corrected chi connectivity index (χ2v) is 10.3. The Morgan fingerprint density at radius 2 is 2.00 bits per heavy atom. The SMILES string of the molecule is CCCn1c(NC(=O)c2cc3c(cc2Cl)N2CCCCCC2=NS3(=O)=O)nc2ccccc21. The van der Waals surface area contributed by atoms with E-state index in [1.54, 1.807) is 6.07 Å². The average Bonchev–Trinajstić information content (AvgIpc) is 2.95. The van der Waals surface area contributed by atoms with E-state index in [-0.39, 0.29) is 15.5 Å². The van der Waals surface area contributed by atoms with Crippen molar-refractivity contribution < 1.29 is 13.2 Å². The molecule has 1 fully saturated rings. The summed E-state index contributed by atoms with van der Waals surface area (Å²) in [6.45, 7) is 3.39. The Morgan fingerprint density at radius 1 is 1.18 bits per heavy atom. The highest BCUT2D eigenvalue weighted by Crippen LogP contribution is 2.38. The molecule has 33 heavy (non-hydrogen) atoms. The number of nitrogens with zero attached hydrogens (tertiary/aromatic N) is 4. The zero-order valence-corrected chi connectivity index (χ0v) is 19.8. The van der Waals surface area contributed by atoms with Gasteiger partial charge in [-0.3, -0.25) is 10.1 Å². The molecule has 0 atom stereocenters. The number of sulfonamides is 1. The maximum Gasteiger partial charge on any atom is 0.286 e. The maximum absolute atomic E-state index is 13.2. The molecule has 10 heteroatoms. The van der Waals surface area contributed by atoms with E-state index in [2.05, 4.69) is 14.7 Å². The molecular weight excluding hydrogens is 462 g/mol. The summed E-state index contributed by atoms with van der Waals surface area (Å²) < 4.78 is 31.8. The lowest BCUT2D eigenvalue weighted by molar-refractivity contribution is 0.102. The first-order valence-corrected chi connectivity index (χ1v) is 12.9. The van der Waals surface area contributed by atoms with Crippen molar-refractivity contribution in [3.8, 4) is 0 Å². The molecule has 1 aromatic heterocycles. The molecule has 0 saturated carbocycles. The van der Waals surface area contributed by atoms with Gasteiger partial charge in [-0.25, -0.2) is 4.98 Å². The summed E-state index contributed by atoms with van der Waals surface area (Å²) in [6, 6.07) is 10.5. The molecule has 0 unspecified atom stereocenters. The number of aromatic nitrogens is 2. The van der Waals surface area contributed by atoms with E-state index in [1.807, 2.05) is 40.7 Å². The van der Waals surface area contributed by atoms with Gasteiger partial charge in [-0.15, -0.1) is 4.40 Å². The van der Waals surface area contributed by atoms with Crippen molar-refractivity contribution in [2.75, 3.05) is 16.8 Å². The van der Waals surface area contributed by atoms with Crippen LogP contribution in [0.3, 0.4) is 0 Å². The Bertz CT molecular complexity index is 1400. The summed E-state index contributed by atoms with van der Waals surface area (Å²) in [6.07, 6.45) is 4.31. The fraction of sp³-hybridized carbons (Fsp3) is 0.348. The molecule has 0 radical (unpaired) electrons. The summed E-state index contributed by atoms with van der Waals surface area (Å²) >= 11 is 6.52. The lowest BCUT2D eigenvalue weighted by Gasteiger charge is -2.30. The predicted molar refractivity (Wildman–Crippen MR) is 130 cm³/mol. The van der Waals surface area contributed by atoms with Gasteiger partial charge in [0.1, 0.15) is 10.7 Å². The zero-order valence-electron chi connectivity index (χ0n) is 18.2. The van der Waals surface area contributed by atoms with Crippen LogP contribution in [0.4, 0.5) is 11.6 Å². The molecule has 1 amide bonds. The van der Waals surface area contributed by atoms with Crippen molar-refractivity contribution in [2.24, 2.45) is 4.40 Å². The first-order chi connectivity index (χ1) is 15.9. The van der Waals surface area contributed by atoms with E-state index < -0.39 is 15.9 Å². The number of rotatable bonds is 4. The lowest BCUT2D eigenvalue weighted by Crippen LogP contribution is -2.35. The molecule has 3 aromatic rings. The predicted octanol–water partition coefficient (Wildman–Crippen LogP) is 4.83. The molecule has 0 aliphatic carbocycles. The van der Waals surface area contributed by atoms with Gasteiger partial charge in [-0.1, -0.05) is 37.1 Å². The number of carbonyl (C=O) groups excluding carboxylic acids is 1. The second-order valence-electron chi connectivity index (χ2n) is 8.27. The minimum Gasteiger partial charge on any atom is -0.328 e. The van der Waals surface area contributed by atoms with Crippen LogP contribution in [0.1, 0.15) is 49.4 Å². The van der Waals surface area contributed by atoms with E-state index in [1.165, 1.54) is 6.07 Å². The third-order valence-electron chi connectivity index (χ3n) is 6.01. The number of aryl methyl sites for hydroxylation is 1. The van der Waals surface area contributed by atoms with Crippen molar-refractivity contribution >= 4 is 56.0 Å². The normalized spacial score (nSPS) is 17.2. The molecule has 2 aliphatic heterocycles. The van der Waals surface area contributed by atoms with Gasteiger partial charge < -0.3 is 9.47 Å². The van der Waals surface area contributed by atoms with Gasteiger partial charge in [-0.05, 0) is 43.5 Å². The Morgan fingerprint density at radius 3 is 2.82 bits per heavy atom. The smallest absolute Gasteiger partial charge is 0.286 e. The Hall–Kier alpha value is -2.91. The van der Waals surface area contributed by atoms with Crippen LogP contribution < -0.4 is 10.2 Å². The van der Waals surface area contributed by atoms with Crippen LogP contribution in [0.25, 0.3) is 11.0 Å². The molecule has 1 N–H and O–H groups in total. The number of amidine groups is 1. The topological polar surface area (TPSA) is 96.7 Å². The largest absolute Gasteiger partial charge is 0.328 e. The van der Waals surface area contributed by atoms with Crippen LogP contribution >= 0.6 is 11.6 Å². The van der Waals surface area contributed by atoms with Crippen molar-refractivity contribution in [3.05, 3.63) is 47.0 Å². The van der Waals surface area contributed by atoms with Gasteiger partial charge in [0.25, 0.3) is 15.9 Å². The fourth-order valence-corrected chi connectivity index (χ4v) is 5.97. The maximum atomic E-state index is 13.2. The number of fused-ring (bicyclic) bond motifs is 4. The van der Waals surface area contributed by atoms with Crippen molar-refractivity contribution in [2.45, 2.75) is 50.5 Å². The monoisotopic (exact) mass is 485 g/mol. The molecule has 1 saturated heterocycles. The van der Waals surface area contributed by atoms with Crippen molar-refractivity contribution in [1.82, 2.24) is 9.55 Å². The van der Waals surface area contributed by atoms with E-state index in [9.17, 15) is 13.2 Å². The Balaban J connectivity index is 1.54. The first-order valence-electron chi connectivity index (χ1n) is 11.1.